The summed E-state index contributed by atoms with van der Waals surface area (Å²) in [4.78, 5) is 11.8. The van der Waals surface area contributed by atoms with E-state index in [1.807, 2.05) is 0 Å². The highest BCUT2D eigenvalue weighted by molar-refractivity contribution is 9.10. The van der Waals surface area contributed by atoms with E-state index in [1.165, 1.54) is 42.5 Å². The maximum absolute atomic E-state index is 12.8. The van der Waals surface area contributed by atoms with Gasteiger partial charge in [0.2, 0.25) is 5.91 Å². The lowest BCUT2D eigenvalue weighted by Gasteiger charge is -2.08. The third-order valence-corrected chi connectivity index (χ3v) is 3.21. The van der Waals surface area contributed by atoms with E-state index >= 15 is 0 Å². The first-order valence-corrected chi connectivity index (χ1v) is 7.22. The van der Waals surface area contributed by atoms with Crippen LogP contribution < -0.4 is 10.1 Å². The standard InChI is InChI=1S/C16H11BrF3NO2/c17-11-2-7-14(23-16(19)20)10(9-11)1-8-15(22)21-13-5-3-12(18)4-6-13/h1-9,16H,(H,21,22)/b8-1+. The number of carbonyl (C=O) groups is 1. The SMILES string of the molecule is O=C(/C=C/c1cc(Br)ccc1OC(F)F)Nc1ccc(F)cc1. The number of carbonyl (C=O) groups excluding carboxylic acids is 1. The van der Waals surface area contributed by atoms with E-state index in [0.717, 1.165) is 0 Å². The smallest absolute Gasteiger partial charge is 0.387 e. The minimum Gasteiger partial charge on any atom is -0.434 e. The molecule has 0 aliphatic rings. The van der Waals surface area contributed by atoms with Crippen LogP contribution in [0.3, 0.4) is 0 Å². The van der Waals surface area contributed by atoms with Crippen LogP contribution in [-0.2, 0) is 4.79 Å². The van der Waals surface area contributed by atoms with Gasteiger partial charge in [0, 0.05) is 21.8 Å². The molecule has 2 aromatic rings. The number of halogens is 4. The van der Waals surface area contributed by atoms with Crippen molar-refractivity contribution >= 4 is 33.6 Å². The van der Waals surface area contributed by atoms with Crippen molar-refractivity contribution in [1.29, 1.82) is 0 Å². The van der Waals surface area contributed by atoms with Crippen LogP contribution in [0.25, 0.3) is 6.08 Å². The van der Waals surface area contributed by atoms with Gasteiger partial charge in [0.25, 0.3) is 0 Å². The Morgan fingerprint density at radius 1 is 1.17 bits per heavy atom. The van der Waals surface area contributed by atoms with E-state index < -0.39 is 18.3 Å². The minimum atomic E-state index is -2.96. The average molecular weight is 386 g/mol. The summed E-state index contributed by atoms with van der Waals surface area (Å²) >= 11 is 3.22. The molecule has 0 unspecified atom stereocenters. The number of alkyl halides is 2. The highest BCUT2D eigenvalue weighted by atomic mass is 79.9. The monoisotopic (exact) mass is 385 g/mol. The maximum atomic E-state index is 12.8. The predicted octanol–water partition coefficient (Wildman–Crippen LogP) is 4.84. The number of amides is 1. The van der Waals surface area contributed by atoms with Crippen molar-refractivity contribution in [3.8, 4) is 5.75 Å². The zero-order valence-electron chi connectivity index (χ0n) is 11.6. The fourth-order valence-electron chi connectivity index (χ4n) is 1.74. The molecular formula is C16H11BrF3NO2. The lowest BCUT2D eigenvalue weighted by atomic mass is 10.2. The van der Waals surface area contributed by atoms with E-state index in [-0.39, 0.29) is 5.75 Å². The van der Waals surface area contributed by atoms with Crippen molar-refractivity contribution in [3.63, 3.8) is 0 Å². The van der Waals surface area contributed by atoms with Crippen molar-refractivity contribution in [2.45, 2.75) is 6.61 Å². The molecule has 0 aromatic heterocycles. The second kappa shape index (κ2) is 7.82. The topological polar surface area (TPSA) is 38.3 Å². The van der Waals surface area contributed by atoms with Crippen molar-refractivity contribution in [2.75, 3.05) is 5.32 Å². The summed E-state index contributed by atoms with van der Waals surface area (Å²) < 4.78 is 42.5. The largest absolute Gasteiger partial charge is 0.434 e. The first kappa shape index (κ1) is 17.1. The van der Waals surface area contributed by atoms with Gasteiger partial charge in [-0.15, -0.1) is 0 Å². The van der Waals surface area contributed by atoms with Gasteiger partial charge >= 0.3 is 6.61 Å². The van der Waals surface area contributed by atoms with E-state index in [9.17, 15) is 18.0 Å². The van der Waals surface area contributed by atoms with Crippen LogP contribution in [0.1, 0.15) is 5.56 Å². The van der Waals surface area contributed by atoms with Crippen LogP contribution in [0.2, 0.25) is 0 Å². The Morgan fingerprint density at radius 2 is 1.87 bits per heavy atom. The third kappa shape index (κ3) is 5.45. The number of hydrogen-bond acceptors (Lipinski definition) is 2. The summed E-state index contributed by atoms with van der Waals surface area (Å²) in [5, 5.41) is 2.52. The number of rotatable bonds is 5. The van der Waals surface area contributed by atoms with Crippen LogP contribution in [0, 0.1) is 5.82 Å². The van der Waals surface area contributed by atoms with E-state index in [0.29, 0.717) is 15.7 Å². The molecule has 0 heterocycles. The highest BCUT2D eigenvalue weighted by Gasteiger charge is 2.09. The van der Waals surface area contributed by atoms with Gasteiger partial charge in [-0.25, -0.2) is 4.39 Å². The number of ether oxygens (including phenoxy) is 1. The van der Waals surface area contributed by atoms with Crippen LogP contribution >= 0.6 is 15.9 Å². The maximum Gasteiger partial charge on any atom is 0.387 e. The fraction of sp³-hybridized carbons (Fsp3) is 0.0625. The van der Waals surface area contributed by atoms with Crippen LogP contribution in [-0.4, -0.2) is 12.5 Å². The summed E-state index contributed by atoms with van der Waals surface area (Å²) in [5.41, 5.74) is 0.730. The average Bonchev–Trinajstić information content (AvgIpc) is 2.49. The molecule has 7 heteroatoms. The summed E-state index contributed by atoms with van der Waals surface area (Å²) in [7, 11) is 0. The number of anilines is 1. The zero-order valence-corrected chi connectivity index (χ0v) is 13.2. The molecule has 23 heavy (non-hydrogen) atoms. The van der Waals surface area contributed by atoms with Crippen molar-refractivity contribution in [1.82, 2.24) is 0 Å². The number of benzene rings is 2. The van der Waals surface area contributed by atoms with Gasteiger partial charge in [-0.2, -0.15) is 8.78 Å². The third-order valence-electron chi connectivity index (χ3n) is 2.71. The quantitative estimate of drug-likeness (QED) is 0.747. The normalized spacial score (nSPS) is 11.0. The van der Waals surface area contributed by atoms with Crippen molar-refractivity contribution < 1.29 is 22.7 Å². The van der Waals surface area contributed by atoms with E-state index in [4.69, 9.17) is 0 Å². The van der Waals surface area contributed by atoms with Gasteiger partial charge < -0.3 is 10.1 Å². The van der Waals surface area contributed by atoms with Crippen LogP contribution in [0.4, 0.5) is 18.9 Å². The fourth-order valence-corrected chi connectivity index (χ4v) is 2.11. The highest BCUT2D eigenvalue weighted by Crippen LogP contribution is 2.26. The minimum absolute atomic E-state index is 0.0472. The molecule has 0 bridgehead atoms. The zero-order chi connectivity index (χ0) is 16.8. The summed E-state index contributed by atoms with van der Waals surface area (Å²) in [6, 6.07) is 9.70. The molecule has 1 N–H and O–H groups in total. The van der Waals surface area contributed by atoms with Crippen LogP contribution in [0.15, 0.2) is 53.0 Å². The molecular weight excluding hydrogens is 375 g/mol. The van der Waals surface area contributed by atoms with Gasteiger partial charge in [0.15, 0.2) is 0 Å². The molecule has 2 rings (SSSR count). The summed E-state index contributed by atoms with van der Waals surface area (Å²) in [6.45, 7) is -2.96. The Bertz CT molecular complexity index is 718. The molecule has 0 saturated carbocycles. The van der Waals surface area contributed by atoms with Gasteiger partial charge in [-0.05, 0) is 48.5 Å². The Morgan fingerprint density at radius 3 is 2.52 bits per heavy atom. The number of nitrogens with one attached hydrogen (secondary N) is 1. The molecule has 0 radical (unpaired) electrons. The molecule has 120 valence electrons. The number of hydrogen-bond donors (Lipinski definition) is 1. The van der Waals surface area contributed by atoms with Gasteiger partial charge in [-0.3, -0.25) is 4.79 Å². The van der Waals surface area contributed by atoms with Crippen LogP contribution in [0.5, 0.6) is 5.75 Å². The Kier molecular flexibility index (Phi) is 5.81. The van der Waals surface area contributed by atoms with Gasteiger partial charge in [0.1, 0.15) is 11.6 Å². The van der Waals surface area contributed by atoms with E-state index in [1.54, 1.807) is 12.1 Å². The molecule has 3 nitrogen and oxygen atoms in total. The molecule has 0 aliphatic carbocycles. The van der Waals surface area contributed by atoms with Crippen molar-refractivity contribution in [2.24, 2.45) is 0 Å². The van der Waals surface area contributed by atoms with Gasteiger partial charge in [0.05, 0.1) is 0 Å². The summed E-state index contributed by atoms with van der Waals surface area (Å²) in [6.07, 6.45) is 2.52. The van der Waals surface area contributed by atoms with Gasteiger partial charge in [-0.1, -0.05) is 15.9 Å². The molecule has 0 spiro atoms. The Labute approximate surface area is 138 Å². The predicted molar refractivity (Wildman–Crippen MR) is 84.8 cm³/mol. The lowest BCUT2D eigenvalue weighted by Crippen LogP contribution is -2.08. The molecule has 0 saturated heterocycles. The van der Waals surface area contributed by atoms with E-state index in [2.05, 4.69) is 26.0 Å². The van der Waals surface area contributed by atoms with Crippen molar-refractivity contribution in [3.05, 3.63) is 64.4 Å². The molecule has 2 aromatic carbocycles. The first-order valence-electron chi connectivity index (χ1n) is 6.43. The molecule has 1 amide bonds. The Balaban J connectivity index is 2.10. The lowest BCUT2D eigenvalue weighted by molar-refractivity contribution is -0.111. The molecule has 0 atom stereocenters. The molecule has 0 fully saturated rings. The molecule has 0 aliphatic heterocycles. The Hall–Kier alpha value is -2.28. The second-order valence-electron chi connectivity index (χ2n) is 4.39. The summed E-state index contributed by atoms with van der Waals surface area (Å²) in [5.74, 6) is -0.949. The first-order chi connectivity index (χ1) is 10.9. The second-order valence-corrected chi connectivity index (χ2v) is 5.31.